The van der Waals surface area contributed by atoms with Crippen molar-refractivity contribution in [2.75, 3.05) is 0 Å². The number of hydrogen-bond acceptors (Lipinski definition) is 1. The first kappa shape index (κ1) is 12.6. The molecule has 0 saturated heterocycles. The molecule has 1 aromatic carbocycles. The molecule has 1 rings (SSSR count). The molecular formula is C14H22S. The Balaban J connectivity index is 3.21. The summed E-state index contributed by atoms with van der Waals surface area (Å²) in [4.78, 5) is 1.11. The number of rotatable bonds is 0. The van der Waals surface area contributed by atoms with E-state index in [0.717, 1.165) is 4.90 Å². The molecule has 0 heterocycles. The van der Waals surface area contributed by atoms with Crippen molar-refractivity contribution >= 4 is 12.6 Å². The van der Waals surface area contributed by atoms with Crippen LogP contribution >= 0.6 is 12.6 Å². The maximum Gasteiger partial charge on any atom is 0.00803 e. The SMILES string of the molecule is CC(C)(C)c1ccc(C(C)(C)C)c(S)c1. The third-order valence-corrected chi connectivity index (χ3v) is 3.04. The highest BCUT2D eigenvalue weighted by atomic mass is 32.1. The third kappa shape index (κ3) is 3.01. The second-order valence-electron chi connectivity index (χ2n) is 6.23. The zero-order valence-electron chi connectivity index (χ0n) is 10.7. The van der Waals surface area contributed by atoms with Crippen LogP contribution in [-0.4, -0.2) is 0 Å². The fraction of sp³-hybridized carbons (Fsp3) is 0.571. The van der Waals surface area contributed by atoms with Crippen molar-refractivity contribution in [1.82, 2.24) is 0 Å². The Hall–Kier alpha value is -0.430. The zero-order chi connectivity index (χ0) is 11.9. The quantitative estimate of drug-likeness (QED) is 0.611. The van der Waals surface area contributed by atoms with Crippen LogP contribution in [-0.2, 0) is 10.8 Å². The van der Waals surface area contributed by atoms with Crippen LogP contribution < -0.4 is 0 Å². The van der Waals surface area contributed by atoms with E-state index in [-0.39, 0.29) is 10.8 Å². The van der Waals surface area contributed by atoms with Crippen LogP contribution in [0.3, 0.4) is 0 Å². The van der Waals surface area contributed by atoms with Gasteiger partial charge in [0.25, 0.3) is 0 Å². The maximum absolute atomic E-state index is 4.59. The average Bonchev–Trinajstić information content (AvgIpc) is 1.99. The molecule has 0 atom stereocenters. The van der Waals surface area contributed by atoms with Crippen LogP contribution in [0.25, 0.3) is 0 Å². The molecule has 0 N–H and O–H groups in total. The van der Waals surface area contributed by atoms with Gasteiger partial charge in [0.15, 0.2) is 0 Å². The molecule has 0 nitrogen and oxygen atoms in total. The highest BCUT2D eigenvalue weighted by Gasteiger charge is 2.19. The molecule has 0 fully saturated rings. The van der Waals surface area contributed by atoms with Crippen LogP contribution in [0.2, 0.25) is 0 Å². The van der Waals surface area contributed by atoms with Gasteiger partial charge in [0.05, 0.1) is 0 Å². The van der Waals surface area contributed by atoms with E-state index >= 15 is 0 Å². The molecule has 1 aromatic rings. The van der Waals surface area contributed by atoms with Crippen molar-refractivity contribution in [2.45, 2.75) is 57.3 Å². The summed E-state index contributed by atoms with van der Waals surface area (Å²) < 4.78 is 0. The van der Waals surface area contributed by atoms with E-state index < -0.39 is 0 Å². The van der Waals surface area contributed by atoms with E-state index in [1.165, 1.54) is 11.1 Å². The minimum atomic E-state index is 0.174. The summed E-state index contributed by atoms with van der Waals surface area (Å²) in [5.41, 5.74) is 3.04. The first-order chi connectivity index (χ1) is 6.62. The standard InChI is InChI=1S/C14H22S/c1-13(2,3)10-7-8-11(12(15)9-10)14(4,5)6/h7-9,15H,1-6H3. The van der Waals surface area contributed by atoms with Gasteiger partial charge in [0.1, 0.15) is 0 Å². The van der Waals surface area contributed by atoms with Crippen molar-refractivity contribution in [3.05, 3.63) is 29.3 Å². The number of thiol groups is 1. The molecule has 0 spiro atoms. The first-order valence-corrected chi connectivity index (χ1v) is 5.91. The van der Waals surface area contributed by atoms with Crippen LogP contribution in [0.4, 0.5) is 0 Å². The van der Waals surface area contributed by atoms with Gasteiger partial charge in [-0.05, 0) is 28.0 Å². The Morgan fingerprint density at radius 2 is 1.40 bits per heavy atom. The van der Waals surface area contributed by atoms with Gasteiger partial charge in [-0.2, -0.15) is 0 Å². The molecule has 0 aliphatic heterocycles. The van der Waals surface area contributed by atoms with Gasteiger partial charge in [-0.3, -0.25) is 0 Å². The van der Waals surface area contributed by atoms with Crippen molar-refractivity contribution in [1.29, 1.82) is 0 Å². The molecule has 0 unspecified atom stereocenters. The third-order valence-electron chi connectivity index (χ3n) is 2.67. The van der Waals surface area contributed by atoms with Crippen LogP contribution in [0.1, 0.15) is 52.7 Å². The molecule has 0 amide bonds. The van der Waals surface area contributed by atoms with E-state index in [1.807, 2.05) is 0 Å². The monoisotopic (exact) mass is 222 g/mol. The van der Waals surface area contributed by atoms with Crippen molar-refractivity contribution in [2.24, 2.45) is 0 Å². The predicted octanol–water partition coefficient (Wildman–Crippen LogP) is 4.57. The Morgan fingerprint density at radius 1 is 0.867 bits per heavy atom. The summed E-state index contributed by atoms with van der Waals surface area (Å²) in [6.07, 6.45) is 0. The molecule has 84 valence electrons. The molecule has 0 aliphatic carbocycles. The lowest BCUT2D eigenvalue weighted by atomic mass is 9.82. The molecule has 0 aliphatic rings. The molecule has 0 bridgehead atoms. The lowest BCUT2D eigenvalue weighted by molar-refractivity contribution is 0.566. The largest absolute Gasteiger partial charge is 0.143 e. The molecule has 0 radical (unpaired) electrons. The summed E-state index contributed by atoms with van der Waals surface area (Å²) in [7, 11) is 0. The highest BCUT2D eigenvalue weighted by molar-refractivity contribution is 7.80. The zero-order valence-corrected chi connectivity index (χ0v) is 11.6. The lowest BCUT2D eigenvalue weighted by Crippen LogP contribution is -2.15. The topological polar surface area (TPSA) is 0 Å². The Morgan fingerprint density at radius 3 is 1.73 bits per heavy atom. The summed E-state index contributed by atoms with van der Waals surface area (Å²) in [5.74, 6) is 0. The second kappa shape index (κ2) is 3.86. The van der Waals surface area contributed by atoms with Crippen molar-refractivity contribution in [3.8, 4) is 0 Å². The predicted molar refractivity (Wildman–Crippen MR) is 71.1 cm³/mol. The van der Waals surface area contributed by atoms with Crippen LogP contribution in [0.5, 0.6) is 0 Å². The van der Waals surface area contributed by atoms with Crippen molar-refractivity contribution < 1.29 is 0 Å². The average molecular weight is 222 g/mol. The molecule has 0 saturated carbocycles. The maximum atomic E-state index is 4.59. The Kier molecular flexibility index (Phi) is 3.25. The minimum absolute atomic E-state index is 0.174. The Bertz CT molecular complexity index is 351. The van der Waals surface area contributed by atoms with Gasteiger partial charge in [-0.1, -0.05) is 53.7 Å². The van der Waals surface area contributed by atoms with E-state index in [1.54, 1.807) is 0 Å². The first-order valence-electron chi connectivity index (χ1n) is 5.46. The normalized spacial score (nSPS) is 13.0. The number of hydrogen-bond donors (Lipinski definition) is 1. The van der Waals surface area contributed by atoms with Crippen LogP contribution in [0, 0.1) is 0 Å². The highest BCUT2D eigenvalue weighted by Crippen LogP contribution is 2.32. The van der Waals surface area contributed by atoms with Gasteiger partial charge >= 0.3 is 0 Å². The molecule has 15 heavy (non-hydrogen) atoms. The Labute approximate surface area is 99.5 Å². The summed E-state index contributed by atoms with van der Waals surface area (Å²) >= 11 is 4.59. The van der Waals surface area contributed by atoms with E-state index in [4.69, 9.17) is 0 Å². The second-order valence-corrected chi connectivity index (χ2v) is 6.71. The van der Waals surface area contributed by atoms with Gasteiger partial charge in [0, 0.05) is 4.90 Å². The lowest BCUT2D eigenvalue weighted by Gasteiger charge is -2.25. The van der Waals surface area contributed by atoms with Gasteiger partial charge < -0.3 is 0 Å². The molecular weight excluding hydrogens is 200 g/mol. The van der Waals surface area contributed by atoms with Crippen molar-refractivity contribution in [3.63, 3.8) is 0 Å². The van der Waals surface area contributed by atoms with Crippen LogP contribution in [0.15, 0.2) is 23.1 Å². The summed E-state index contributed by atoms with van der Waals surface area (Å²) in [6, 6.07) is 6.63. The fourth-order valence-corrected chi connectivity index (χ4v) is 2.18. The van der Waals surface area contributed by atoms with Gasteiger partial charge in [0.2, 0.25) is 0 Å². The van der Waals surface area contributed by atoms with E-state index in [9.17, 15) is 0 Å². The van der Waals surface area contributed by atoms with E-state index in [0.29, 0.717) is 0 Å². The minimum Gasteiger partial charge on any atom is -0.143 e. The smallest absolute Gasteiger partial charge is 0.00803 e. The van der Waals surface area contributed by atoms with E-state index in [2.05, 4.69) is 72.4 Å². The summed E-state index contributed by atoms with van der Waals surface area (Å²) in [5, 5.41) is 0. The number of benzene rings is 1. The molecule has 0 aromatic heterocycles. The summed E-state index contributed by atoms with van der Waals surface area (Å²) in [6.45, 7) is 13.3. The van der Waals surface area contributed by atoms with Gasteiger partial charge in [-0.15, -0.1) is 12.6 Å². The molecule has 1 heteroatoms. The fourth-order valence-electron chi connectivity index (χ4n) is 1.63. The van der Waals surface area contributed by atoms with Gasteiger partial charge in [-0.25, -0.2) is 0 Å².